The molecule has 0 aliphatic carbocycles. The van der Waals surface area contributed by atoms with Crippen LogP contribution in [0.1, 0.15) is 34.6 Å². The van der Waals surface area contributed by atoms with Crippen LogP contribution >= 0.6 is 22.6 Å². The van der Waals surface area contributed by atoms with Gasteiger partial charge in [0.2, 0.25) is 0 Å². The van der Waals surface area contributed by atoms with Crippen LogP contribution in [-0.2, 0) is 4.74 Å². The van der Waals surface area contributed by atoms with E-state index < -0.39 is 5.60 Å². The number of rotatable bonds is 2. The van der Waals surface area contributed by atoms with E-state index >= 15 is 0 Å². The molecule has 1 aliphatic heterocycles. The molecule has 32 heavy (non-hydrogen) atoms. The van der Waals surface area contributed by atoms with Crippen LogP contribution < -0.4 is 4.90 Å². The second-order valence-electron chi connectivity index (χ2n) is 9.21. The van der Waals surface area contributed by atoms with Crippen LogP contribution in [0.25, 0.3) is 16.7 Å². The first-order valence-corrected chi connectivity index (χ1v) is 11.7. The average Bonchev–Trinajstić information content (AvgIpc) is 3.05. The number of carbonyl (C=O) groups excluding carboxylic acids is 1. The zero-order valence-electron chi connectivity index (χ0n) is 18.8. The molecule has 1 amide bonds. The minimum Gasteiger partial charge on any atom is -0.444 e. The van der Waals surface area contributed by atoms with E-state index in [4.69, 9.17) is 4.74 Å². The van der Waals surface area contributed by atoms with Gasteiger partial charge in [0.25, 0.3) is 0 Å². The Kier molecular flexibility index (Phi) is 6.04. The second kappa shape index (κ2) is 8.49. The molecule has 0 radical (unpaired) electrons. The molecule has 2 aromatic heterocycles. The molecule has 0 N–H and O–H groups in total. The Labute approximate surface area is 200 Å². The van der Waals surface area contributed by atoms with Gasteiger partial charge in [-0.25, -0.2) is 19.2 Å². The number of hydrogen-bond donors (Lipinski definition) is 0. The number of carbonyl (C=O) groups is 1. The summed E-state index contributed by atoms with van der Waals surface area (Å²) in [5, 5.41) is 0.919. The maximum absolute atomic E-state index is 13.8. The van der Waals surface area contributed by atoms with Crippen LogP contribution in [0.2, 0.25) is 0 Å². The number of piperazine rings is 1. The van der Waals surface area contributed by atoms with Gasteiger partial charge in [-0.3, -0.25) is 4.57 Å². The maximum Gasteiger partial charge on any atom is 0.410 e. The number of halogens is 2. The third-order valence-electron chi connectivity index (χ3n) is 5.49. The molecule has 0 bridgehead atoms. The molecule has 1 saturated heterocycles. The topological polar surface area (TPSA) is 63.5 Å². The van der Waals surface area contributed by atoms with E-state index in [-0.39, 0.29) is 24.0 Å². The van der Waals surface area contributed by atoms with Gasteiger partial charge >= 0.3 is 6.09 Å². The molecule has 1 fully saturated rings. The molecule has 3 heterocycles. The second-order valence-corrected chi connectivity index (χ2v) is 10.4. The minimum atomic E-state index is -0.536. The van der Waals surface area contributed by atoms with Crippen molar-refractivity contribution in [3.63, 3.8) is 0 Å². The molecule has 1 aromatic carbocycles. The summed E-state index contributed by atoms with van der Waals surface area (Å²) in [4.78, 5) is 25.8. The van der Waals surface area contributed by atoms with Crippen LogP contribution in [-0.4, -0.2) is 56.3 Å². The summed E-state index contributed by atoms with van der Waals surface area (Å²) in [6.07, 6.45) is 3.20. The maximum atomic E-state index is 13.8. The van der Waals surface area contributed by atoms with Gasteiger partial charge < -0.3 is 14.5 Å². The molecule has 170 valence electrons. The third-order valence-corrected chi connectivity index (χ3v) is 6.31. The fourth-order valence-corrected chi connectivity index (χ4v) is 4.80. The number of benzene rings is 1. The standard InChI is InChI=1S/C23H27FIN5O2/c1-14-11-29(22(31)32-23(3,4)5)15(2)10-28(14)20-19-18(25)12-30(21(19)27-13-26-20)17-8-6-7-16(24)9-17/h6-9,12-15H,10-11H2,1-5H3/t14?,15-/m0/s1. The van der Waals surface area contributed by atoms with E-state index in [0.29, 0.717) is 18.8 Å². The third kappa shape index (κ3) is 4.39. The fourth-order valence-electron chi connectivity index (χ4n) is 4.04. The molecule has 3 aromatic rings. The minimum absolute atomic E-state index is 0.0325. The van der Waals surface area contributed by atoms with E-state index in [9.17, 15) is 9.18 Å². The highest BCUT2D eigenvalue weighted by Crippen LogP contribution is 2.34. The lowest BCUT2D eigenvalue weighted by Gasteiger charge is -2.44. The van der Waals surface area contributed by atoms with Crippen molar-refractivity contribution in [2.24, 2.45) is 0 Å². The smallest absolute Gasteiger partial charge is 0.410 e. The normalized spacial score (nSPS) is 19.5. The number of nitrogens with zero attached hydrogens (tertiary/aromatic N) is 5. The Bertz CT molecular complexity index is 1160. The Hall–Kier alpha value is -2.43. The zero-order chi connectivity index (χ0) is 23.2. The highest BCUT2D eigenvalue weighted by atomic mass is 127. The predicted octanol–water partition coefficient (Wildman–Crippen LogP) is 5.00. The van der Waals surface area contributed by atoms with Gasteiger partial charge in [0.1, 0.15) is 23.6 Å². The van der Waals surface area contributed by atoms with E-state index in [2.05, 4.69) is 44.4 Å². The van der Waals surface area contributed by atoms with Crippen molar-refractivity contribution >= 4 is 45.5 Å². The molecule has 4 rings (SSSR count). The van der Waals surface area contributed by atoms with Crippen LogP contribution in [0.3, 0.4) is 0 Å². The van der Waals surface area contributed by atoms with Crippen molar-refractivity contribution in [2.45, 2.75) is 52.3 Å². The quantitative estimate of drug-likeness (QED) is 0.420. The highest BCUT2D eigenvalue weighted by molar-refractivity contribution is 14.1. The van der Waals surface area contributed by atoms with Gasteiger partial charge in [-0.05, 0) is 75.4 Å². The Morgan fingerprint density at radius 1 is 1.19 bits per heavy atom. The fraction of sp³-hybridized carbons (Fsp3) is 0.435. The summed E-state index contributed by atoms with van der Waals surface area (Å²) in [6, 6.07) is 6.43. The lowest BCUT2D eigenvalue weighted by molar-refractivity contribution is 0.0130. The number of ether oxygens (including phenoxy) is 1. The summed E-state index contributed by atoms with van der Waals surface area (Å²) in [5.41, 5.74) is 0.893. The Morgan fingerprint density at radius 3 is 2.62 bits per heavy atom. The van der Waals surface area contributed by atoms with E-state index in [1.165, 1.54) is 12.1 Å². The largest absolute Gasteiger partial charge is 0.444 e. The number of anilines is 1. The summed E-state index contributed by atoms with van der Waals surface area (Å²) >= 11 is 2.27. The van der Waals surface area contributed by atoms with Crippen LogP contribution in [0.5, 0.6) is 0 Å². The van der Waals surface area contributed by atoms with Gasteiger partial charge in [-0.1, -0.05) is 6.07 Å². The van der Waals surface area contributed by atoms with Gasteiger partial charge in [0.15, 0.2) is 5.65 Å². The number of amides is 1. The predicted molar refractivity (Wildman–Crippen MR) is 131 cm³/mol. The van der Waals surface area contributed by atoms with Gasteiger partial charge in [0.05, 0.1) is 5.39 Å². The number of fused-ring (bicyclic) bond motifs is 1. The van der Waals surface area contributed by atoms with Gasteiger partial charge in [-0.2, -0.15) is 0 Å². The number of hydrogen-bond acceptors (Lipinski definition) is 5. The summed E-state index contributed by atoms with van der Waals surface area (Å²) in [6.45, 7) is 10.9. The Morgan fingerprint density at radius 2 is 1.94 bits per heavy atom. The molecule has 1 aliphatic rings. The lowest BCUT2D eigenvalue weighted by Crippen LogP contribution is -2.59. The molecule has 9 heteroatoms. The first-order chi connectivity index (χ1) is 15.0. The monoisotopic (exact) mass is 551 g/mol. The van der Waals surface area contributed by atoms with Crippen molar-refractivity contribution in [1.29, 1.82) is 0 Å². The Balaban J connectivity index is 1.68. The van der Waals surface area contributed by atoms with Crippen LogP contribution in [0.15, 0.2) is 36.8 Å². The van der Waals surface area contributed by atoms with Crippen molar-refractivity contribution < 1.29 is 13.9 Å². The molecule has 1 unspecified atom stereocenters. The highest BCUT2D eigenvalue weighted by Gasteiger charge is 2.36. The zero-order valence-corrected chi connectivity index (χ0v) is 21.0. The van der Waals surface area contributed by atoms with Gasteiger partial charge in [0, 0.05) is 40.6 Å². The first kappa shape index (κ1) is 22.8. The molecule has 0 saturated carbocycles. The molecular weight excluding hydrogens is 524 g/mol. The first-order valence-electron chi connectivity index (χ1n) is 10.6. The van der Waals surface area contributed by atoms with Crippen molar-refractivity contribution in [3.05, 3.63) is 46.2 Å². The summed E-state index contributed by atoms with van der Waals surface area (Å²) in [5.74, 6) is 0.520. The number of aromatic nitrogens is 3. The van der Waals surface area contributed by atoms with Crippen molar-refractivity contribution in [3.8, 4) is 5.69 Å². The average molecular weight is 551 g/mol. The van der Waals surface area contributed by atoms with Crippen LogP contribution in [0, 0.1) is 9.39 Å². The molecule has 0 spiro atoms. The molecule has 2 atom stereocenters. The van der Waals surface area contributed by atoms with Crippen LogP contribution in [0.4, 0.5) is 15.0 Å². The van der Waals surface area contributed by atoms with Gasteiger partial charge in [-0.15, -0.1) is 0 Å². The molecule has 7 nitrogen and oxygen atoms in total. The molecular formula is C23H27FIN5O2. The summed E-state index contributed by atoms with van der Waals surface area (Å²) < 4.78 is 22.3. The van der Waals surface area contributed by atoms with Crippen molar-refractivity contribution in [2.75, 3.05) is 18.0 Å². The SMILES string of the molecule is CC1CN(C(=O)OC(C)(C)C)[C@@H](C)CN1c1ncnc2c1c(I)cn2-c1cccc(F)c1. The van der Waals surface area contributed by atoms with Crippen molar-refractivity contribution in [1.82, 2.24) is 19.4 Å². The lowest BCUT2D eigenvalue weighted by atomic mass is 10.1. The van der Waals surface area contributed by atoms with E-state index in [0.717, 1.165) is 20.4 Å². The van der Waals surface area contributed by atoms with E-state index in [1.807, 2.05) is 44.5 Å². The summed E-state index contributed by atoms with van der Waals surface area (Å²) in [7, 11) is 0. The van der Waals surface area contributed by atoms with E-state index in [1.54, 1.807) is 17.3 Å².